The Labute approximate surface area is 422 Å². The Kier molecular flexibility index (Phi) is 40.4. The molecule has 0 aromatic carbocycles. The van der Waals surface area contributed by atoms with Crippen molar-refractivity contribution in [3.63, 3.8) is 0 Å². The molecule has 6 aromatic rings. The molecule has 0 aliphatic carbocycles. The number of nitriles is 3. The third kappa shape index (κ3) is 28.8. The predicted molar refractivity (Wildman–Crippen MR) is 205 cm³/mol. The number of hydrogen-bond donors (Lipinski definition) is 0. The normalized spacial score (nSPS) is 8.74. The minimum Gasteiger partial charge on any atom is -1.00 e. The van der Waals surface area contributed by atoms with Crippen molar-refractivity contribution >= 4 is 0 Å². The van der Waals surface area contributed by atoms with Crippen LogP contribution in [0.4, 0.5) is 0 Å². The van der Waals surface area contributed by atoms with Gasteiger partial charge in [-0.1, -0.05) is 36.4 Å². The number of aromatic nitrogens is 6. The molecule has 0 aliphatic rings. The summed E-state index contributed by atoms with van der Waals surface area (Å²) in [5.74, 6) is 0. The smallest absolute Gasteiger partial charge is 1.00 e. The van der Waals surface area contributed by atoms with Gasteiger partial charge in [0.2, 0.25) is 0 Å². The van der Waals surface area contributed by atoms with Gasteiger partial charge in [-0.25, -0.2) is 0 Å². The zero-order valence-corrected chi connectivity index (χ0v) is 41.8. The van der Waals surface area contributed by atoms with Gasteiger partial charge in [-0.05, 0) is 72.8 Å². The summed E-state index contributed by atoms with van der Waals surface area (Å²) in [7, 11) is 0. The first-order valence-corrected chi connectivity index (χ1v) is 16.8. The Balaban J connectivity index is -0.000000801. The molecule has 57 heavy (non-hydrogen) atoms. The minimum atomic E-state index is 0. The van der Waals surface area contributed by atoms with E-state index in [0.29, 0.717) is 0 Å². The van der Waals surface area contributed by atoms with Crippen LogP contribution in [0.2, 0.25) is 0 Å². The minimum absolute atomic E-state index is 0. The zero-order chi connectivity index (χ0) is 38.2. The van der Waals surface area contributed by atoms with Gasteiger partial charge in [0.05, 0.1) is 52.4 Å². The number of halogens is 3. The van der Waals surface area contributed by atoms with E-state index in [1.54, 1.807) is 18.2 Å². The molecule has 0 saturated heterocycles. The molecule has 6 heterocycles. The van der Waals surface area contributed by atoms with Crippen molar-refractivity contribution in [2.45, 2.75) is 60.0 Å². The van der Waals surface area contributed by atoms with E-state index in [4.69, 9.17) is 15.8 Å². The summed E-state index contributed by atoms with van der Waals surface area (Å²) >= 11 is 0. The van der Waals surface area contributed by atoms with Gasteiger partial charge in [-0.3, -0.25) is 39.7 Å². The summed E-state index contributed by atoms with van der Waals surface area (Å²) in [5, 5.41) is 22.0. The van der Waals surface area contributed by atoms with Crippen LogP contribution >= 0.6 is 0 Å². The summed E-state index contributed by atoms with van der Waals surface area (Å²) in [4.78, 5) is 31.1. The van der Waals surface area contributed by atoms with Gasteiger partial charge < -0.3 is 71.9 Å². The number of nitrogens with zero attached hydrogens (tertiary/aromatic N) is 11. The number of rotatable bonds is 12. The summed E-state index contributed by atoms with van der Waals surface area (Å²) in [6.45, 7) is 8.92. The zero-order valence-electron chi connectivity index (χ0n) is 32.2. The molecule has 0 bridgehead atoms. The van der Waals surface area contributed by atoms with Crippen LogP contribution in [0.15, 0.2) is 146 Å². The average Bonchev–Trinajstić information content (AvgIpc) is 3.18. The second-order valence-corrected chi connectivity index (χ2v) is 10.9. The van der Waals surface area contributed by atoms with Crippen LogP contribution in [0.3, 0.4) is 0 Å². The van der Waals surface area contributed by atoms with Gasteiger partial charge in [-0.15, -0.1) is 0 Å². The predicted octanol–water partition coefficient (Wildman–Crippen LogP) is -1.25. The molecule has 0 amide bonds. The van der Waals surface area contributed by atoms with Gasteiger partial charge in [0.1, 0.15) is 0 Å². The fraction of sp³-hybridized carbons (Fsp3) is 0.214. The van der Waals surface area contributed by atoms with Crippen molar-refractivity contribution in [3.05, 3.63) is 181 Å². The summed E-state index contributed by atoms with van der Waals surface area (Å²) in [6, 6.07) is 41.2. The van der Waals surface area contributed by atoms with Crippen molar-refractivity contribution in [3.8, 4) is 18.2 Å². The Morgan fingerprint density at radius 2 is 0.491 bits per heavy atom. The first-order valence-electron chi connectivity index (χ1n) is 16.8. The molecule has 0 atom stereocenters. The quantitative estimate of drug-likeness (QED) is 0.135. The van der Waals surface area contributed by atoms with E-state index in [2.05, 4.69) is 39.7 Å². The van der Waals surface area contributed by atoms with Crippen LogP contribution in [-0.2, 0) is 39.3 Å². The molecule has 0 N–H and O–H groups in total. The fourth-order valence-electron chi connectivity index (χ4n) is 4.66. The van der Waals surface area contributed by atoms with Crippen molar-refractivity contribution in [1.82, 2.24) is 39.7 Å². The maximum Gasteiger partial charge on any atom is 3.00 e. The SMILES string of the molecule is CC#N.CC#N.CC#N.[I-].[I-].[I-].[Nd+3].c1ccc(CN(Cc2ccccn2)Cc2ccccn2)nc1.c1ccc(CN(Cc2ccccn2)Cc2ccccn2)nc1. The van der Waals surface area contributed by atoms with Crippen LogP contribution < -0.4 is 71.9 Å². The Bertz CT molecular complexity index is 1550. The van der Waals surface area contributed by atoms with Gasteiger partial charge >= 0.3 is 40.8 Å². The molecule has 11 nitrogen and oxygen atoms in total. The molecule has 6 aromatic heterocycles. The van der Waals surface area contributed by atoms with Gasteiger partial charge in [0.25, 0.3) is 0 Å². The van der Waals surface area contributed by atoms with E-state index in [0.717, 1.165) is 73.4 Å². The number of hydrogen-bond acceptors (Lipinski definition) is 11. The van der Waals surface area contributed by atoms with Crippen molar-refractivity contribution < 1.29 is 113 Å². The summed E-state index contributed by atoms with van der Waals surface area (Å²) < 4.78 is 0. The van der Waals surface area contributed by atoms with E-state index >= 15 is 0 Å². The van der Waals surface area contributed by atoms with Crippen LogP contribution in [0.1, 0.15) is 54.9 Å². The molecule has 0 fully saturated rings. The fourth-order valence-corrected chi connectivity index (χ4v) is 4.66. The molecule has 6 rings (SSSR count). The van der Waals surface area contributed by atoms with Gasteiger partial charge in [-0.2, -0.15) is 15.8 Å². The maximum atomic E-state index is 7.32. The first-order chi connectivity index (χ1) is 26.0. The first kappa shape index (κ1) is 58.2. The van der Waals surface area contributed by atoms with E-state index in [9.17, 15) is 0 Å². The van der Waals surface area contributed by atoms with E-state index in [-0.39, 0.29) is 113 Å². The third-order valence-electron chi connectivity index (χ3n) is 6.67. The molecule has 15 heteroatoms. The summed E-state index contributed by atoms with van der Waals surface area (Å²) in [6.07, 6.45) is 11.0. The van der Waals surface area contributed by atoms with Gasteiger partial charge in [0.15, 0.2) is 0 Å². The van der Waals surface area contributed by atoms with Crippen LogP contribution in [-0.4, -0.2) is 39.7 Å². The van der Waals surface area contributed by atoms with E-state index < -0.39 is 0 Å². The second-order valence-electron chi connectivity index (χ2n) is 10.9. The molecule has 293 valence electrons. The Morgan fingerprint density at radius 3 is 0.596 bits per heavy atom. The molecule has 0 unspecified atom stereocenters. The van der Waals surface area contributed by atoms with Crippen LogP contribution in [0.5, 0.6) is 0 Å². The Hall–Kier alpha value is -3.17. The van der Waals surface area contributed by atoms with Crippen molar-refractivity contribution in [2.75, 3.05) is 0 Å². The third-order valence-corrected chi connectivity index (χ3v) is 6.67. The van der Waals surface area contributed by atoms with Crippen molar-refractivity contribution in [1.29, 1.82) is 15.8 Å². The second kappa shape index (κ2) is 39.6. The van der Waals surface area contributed by atoms with Crippen LogP contribution in [0, 0.1) is 74.8 Å². The molecule has 0 aliphatic heterocycles. The Morgan fingerprint density at radius 1 is 0.351 bits per heavy atom. The molecular formula is C42H45I3N11Nd. The monoisotopic (exact) mass is 1230 g/mol. The van der Waals surface area contributed by atoms with Crippen LogP contribution in [0.25, 0.3) is 0 Å². The average molecular weight is 1230 g/mol. The molecule has 0 spiro atoms. The summed E-state index contributed by atoms with van der Waals surface area (Å²) in [5.41, 5.74) is 6.30. The topological polar surface area (TPSA) is 155 Å². The van der Waals surface area contributed by atoms with Gasteiger partial charge in [0, 0.05) is 97.2 Å². The molecular weight excluding hydrogens is 1180 g/mol. The largest absolute Gasteiger partial charge is 3.00 e. The van der Waals surface area contributed by atoms with E-state index in [1.165, 1.54) is 20.8 Å². The van der Waals surface area contributed by atoms with E-state index in [1.807, 2.05) is 146 Å². The molecule has 0 saturated carbocycles. The number of pyridine rings is 6. The molecule has 1 radical (unpaired) electrons. The van der Waals surface area contributed by atoms with Crippen molar-refractivity contribution in [2.24, 2.45) is 0 Å². The maximum absolute atomic E-state index is 7.32. The standard InChI is InChI=1S/2C18H18N4.3C2H3N.3HI.Nd/c2*1-4-10-19-16(7-1)13-22(14-17-8-2-5-11-20-17)15-18-9-3-6-12-21-18;3*1-2-3;;;;/h2*1-12H,13-15H2;3*1H3;3*1H;/q;;;;;;;;+3/p-3.